The largest absolute Gasteiger partial charge is 0.486 e. The number of ether oxygens (including phenoxy) is 2. The summed E-state index contributed by atoms with van der Waals surface area (Å²) in [4.78, 5) is 20.7. The second-order valence-corrected chi connectivity index (χ2v) is 9.13. The third-order valence-electron chi connectivity index (χ3n) is 5.27. The van der Waals surface area contributed by atoms with Crippen molar-refractivity contribution in [1.82, 2.24) is 15.2 Å². The molecule has 32 heavy (non-hydrogen) atoms. The number of rotatable bonds is 8. The number of hydrogen-bond acceptors (Lipinski definition) is 6. The average Bonchev–Trinajstić information content (AvgIpc) is 3.20. The molecule has 1 amide bonds. The SMILES string of the molecule is Cc1nc(COc2ccc(Cl)cc2)sc1C(=O)NC(CN1CCOCC1)c1ccccc1. The molecule has 1 aliphatic rings. The van der Waals surface area contributed by atoms with Crippen LogP contribution in [0.3, 0.4) is 0 Å². The highest BCUT2D eigenvalue weighted by molar-refractivity contribution is 7.13. The zero-order chi connectivity index (χ0) is 22.3. The number of benzene rings is 2. The molecule has 0 radical (unpaired) electrons. The Bertz CT molecular complexity index is 1020. The molecule has 0 spiro atoms. The molecule has 6 nitrogen and oxygen atoms in total. The minimum absolute atomic E-state index is 0.111. The molecule has 2 heterocycles. The van der Waals surface area contributed by atoms with Gasteiger partial charge in [-0.25, -0.2) is 4.98 Å². The third-order valence-corrected chi connectivity index (χ3v) is 6.66. The van der Waals surface area contributed by atoms with Crippen molar-refractivity contribution in [2.24, 2.45) is 0 Å². The van der Waals surface area contributed by atoms with Gasteiger partial charge in [0, 0.05) is 24.7 Å². The molecule has 1 fully saturated rings. The lowest BCUT2D eigenvalue weighted by atomic mass is 10.1. The van der Waals surface area contributed by atoms with Crippen molar-refractivity contribution in [2.75, 3.05) is 32.8 Å². The van der Waals surface area contributed by atoms with Gasteiger partial charge in [0.1, 0.15) is 22.2 Å². The van der Waals surface area contributed by atoms with Crippen LogP contribution in [0.5, 0.6) is 5.75 Å². The van der Waals surface area contributed by atoms with Crippen molar-refractivity contribution in [3.05, 3.63) is 80.8 Å². The van der Waals surface area contributed by atoms with Gasteiger partial charge >= 0.3 is 0 Å². The van der Waals surface area contributed by atoms with Crippen LogP contribution in [0.15, 0.2) is 54.6 Å². The molecule has 168 valence electrons. The molecule has 3 aromatic rings. The average molecular weight is 472 g/mol. The van der Waals surface area contributed by atoms with E-state index in [2.05, 4.69) is 27.3 Å². The van der Waals surface area contributed by atoms with Crippen molar-refractivity contribution >= 4 is 28.8 Å². The summed E-state index contributed by atoms with van der Waals surface area (Å²) in [5.74, 6) is 0.600. The maximum absolute atomic E-state index is 13.2. The van der Waals surface area contributed by atoms with Crippen LogP contribution in [0, 0.1) is 6.92 Å². The van der Waals surface area contributed by atoms with E-state index < -0.39 is 0 Å². The number of carbonyl (C=O) groups excluding carboxylic acids is 1. The van der Waals surface area contributed by atoms with Crippen LogP contribution in [-0.2, 0) is 11.3 Å². The molecule has 1 saturated heterocycles. The van der Waals surface area contributed by atoms with E-state index in [0.29, 0.717) is 28.0 Å². The van der Waals surface area contributed by atoms with Gasteiger partial charge < -0.3 is 14.8 Å². The fourth-order valence-corrected chi connectivity index (χ4v) is 4.59. The fraction of sp³-hybridized carbons (Fsp3) is 0.333. The Morgan fingerprint density at radius 2 is 1.91 bits per heavy atom. The van der Waals surface area contributed by atoms with Gasteiger partial charge in [-0.2, -0.15) is 0 Å². The molecular formula is C24H26ClN3O3S. The Labute approximate surface area is 197 Å². The van der Waals surface area contributed by atoms with E-state index in [1.807, 2.05) is 37.3 Å². The van der Waals surface area contributed by atoms with Gasteiger partial charge in [-0.05, 0) is 36.8 Å². The quantitative estimate of drug-likeness (QED) is 0.524. The van der Waals surface area contributed by atoms with Gasteiger partial charge in [-0.3, -0.25) is 9.69 Å². The minimum Gasteiger partial charge on any atom is -0.486 e. The summed E-state index contributed by atoms with van der Waals surface area (Å²) in [7, 11) is 0. The lowest BCUT2D eigenvalue weighted by Gasteiger charge is -2.31. The second kappa shape index (κ2) is 10.9. The molecule has 0 saturated carbocycles. The lowest BCUT2D eigenvalue weighted by Crippen LogP contribution is -2.43. The number of hydrogen-bond donors (Lipinski definition) is 1. The van der Waals surface area contributed by atoms with E-state index in [9.17, 15) is 4.79 Å². The van der Waals surface area contributed by atoms with Crippen LogP contribution in [0.25, 0.3) is 0 Å². The Balaban J connectivity index is 1.43. The van der Waals surface area contributed by atoms with E-state index in [0.717, 1.165) is 43.4 Å². The van der Waals surface area contributed by atoms with Gasteiger partial charge in [-0.15, -0.1) is 11.3 Å². The van der Waals surface area contributed by atoms with Gasteiger partial charge in [0.2, 0.25) is 0 Å². The number of aryl methyl sites for hydroxylation is 1. The van der Waals surface area contributed by atoms with E-state index >= 15 is 0 Å². The first-order valence-electron chi connectivity index (χ1n) is 10.6. The van der Waals surface area contributed by atoms with Crippen molar-refractivity contribution in [1.29, 1.82) is 0 Å². The summed E-state index contributed by atoms with van der Waals surface area (Å²) in [6, 6.07) is 17.2. The van der Waals surface area contributed by atoms with Crippen LogP contribution in [0.4, 0.5) is 0 Å². The molecule has 8 heteroatoms. The molecule has 1 aromatic heterocycles. The molecule has 2 aromatic carbocycles. The number of halogens is 1. The first-order chi connectivity index (χ1) is 15.6. The summed E-state index contributed by atoms with van der Waals surface area (Å²) >= 11 is 7.28. The Morgan fingerprint density at radius 1 is 1.19 bits per heavy atom. The van der Waals surface area contributed by atoms with Crippen molar-refractivity contribution in [3.8, 4) is 5.75 Å². The van der Waals surface area contributed by atoms with Gasteiger partial charge in [-0.1, -0.05) is 41.9 Å². The van der Waals surface area contributed by atoms with E-state index in [1.165, 1.54) is 11.3 Å². The first kappa shape index (κ1) is 22.7. The predicted molar refractivity (Wildman–Crippen MR) is 127 cm³/mol. The number of carbonyl (C=O) groups is 1. The third kappa shape index (κ3) is 6.07. The number of nitrogens with one attached hydrogen (secondary N) is 1. The maximum atomic E-state index is 13.2. The molecule has 4 rings (SSSR count). The van der Waals surface area contributed by atoms with Crippen molar-refractivity contribution in [3.63, 3.8) is 0 Å². The smallest absolute Gasteiger partial charge is 0.263 e. The monoisotopic (exact) mass is 471 g/mol. The lowest BCUT2D eigenvalue weighted by molar-refractivity contribution is 0.0332. The van der Waals surface area contributed by atoms with Crippen LogP contribution < -0.4 is 10.1 Å². The molecule has 0 bridgehead atoms. The number of thiazole rings is 1. The Kier molecular flexibility index (Phi) is 7.76. The predicted octanol–water partition coefficient (Wildman–Crippen LogP) is 4.49. The Morgan fingerprint density at radius 3 is 2.62 bits per heavy atom. The fourth-order valence-electron chi connectivity index (χ4n) is 3.59. The second-order valence-electron chi connectivity index (χ2n) is 7.61. The van der Waals surface area contributed by atoms with E-state index in [4.69, 9.17) is 21.1 Å². The Hall–Kier alpha value is -2.45. The highest BCUT2D eigenvalue weighted by atomic mass is 35.5. The molecule has 1 aliphatic heterocycles. The summed E-state index contributed by atoms with van der Waals surface area (Å²) in [6.45, 7) is 6.08. The summed E-state index contributed by atoms with van der Waals surface area (Å²) < 4.78 is 11.2. The molecule has 1 unspecified atom stereocenters. The van der Waals surface area contributed by atoms with Crippen LogP contribution in [-0.4, -0.2) is 48.6 Å². The number of aromatic nitrogens is 1. The number of nitrogens with zero attached hydrogens (tertiary/aromatic N) is 2. The van der Waals surface area contributed by atoms with Crippen LogP contribution in [0.1, 0.15) is 32.0 Å². The topological polar surface area (TPSA) is 63.7 Å². The van der Waals surface area contributed by atoms with E-state index in [1.54, 1.807) is 12.1 Å². The highest BCUT2D eigenvalue weighted by Crippen LogP contribution is 2.23. The van der Waals surface area contributed by atoms with Crippen molar-refractivity contribution in [2.45, 2.75) is 19.6 Å². The number of morpholine rings is 1. The molecule has 1 atom stereocenters. The van der Waals surface area contributed by atoms with Gasteiger partial charge in [0.25, 0.3) is 5.91 Å². The zero-order valence-corrected chi connectivity index (χ0v) is 19.5. The van der Waals surface area contributed by atoms with Crippen molar-refractivity contribution < 1.29 is 14.3 Å². The van der Waals surface area contributed by atoms with Crippen LogP contribution >= 0.6 is 22.9 Å². The standard InChI is InChI=1S/C24H26ClN3O3S/c1-17-23(32-22(26-17)16-31-20-9-7-19(25)8-10-20)24(29)27-21(18-5-3-2-4-6-18)15-28-11-13-30-14-12-28/h2-10,21H,11-16H2,1H3,(H,27,29). The van der Waals surface area contributed by atoms with Gasteiger partial charge in [0.05, 0.1) is 24.9 Å². The normalized spacial score (nSPS) is 15.3. The molecule has 0 aliphatic carbocycles. The molecular weight excluding hydrogens is 446 g/mol. The highest BCUT2D eigenvalue weighted by Gasteiger charge is 2.23. The minimum atomic E-state index is -0.114. The van der Waals surface area contributed by atoms with E-state index in [-0.39, 0.29) is 11.9 Å². The van der Waals surface area contributed by atoms with Crippen LogP contribution in [0.2, 0.25) is 5.02 Å². The summed E-state index contributed by atoms with van der Waals surface area (Å²) in [6.07, 6.45) is 0. The zero-order valence-electron chi connectivity index (χ0n) is 17.9. The maximum Gasteiger partial charge on any atom is 0.263 e. The first-order valence-corrected chi connectivity index (χ1v) is 11.8. The summed E-state index contributed by atoms with van der Waals surface area (Å²) in [5, 5.41) is 4.64. The molecule has 1 N–H and O–H groups in total. The van der Waals surface area contributed by atoms with Gasteiger partial charge in [0.15, 0.2) is 0 Å². The summed E-state index contributed by atoms with van der Waals surface area (Å²) in [5.41, 5.74) is 1.79. The number of amides is 1.